The molecular formula is C20H20ClN3O3. The zero-order valence-electron chi connectivity index (χ0n) is 14.9. The van der Waals surface area contributed by atoms with E-state index in [0.717, 1.165) is 17.7 Å². The largest absolute Gasteiger partial charge is 0.343 e. The summed E-state index contributed by atoms with van der Waals surface area (Å²) < 4.78 is 0. The van der Waals surface area contributed by atoms with E-state index in [0.29, 0.717) is 29.2 Å². The summed E-state index contributed by atoms with van der Waals surface area (Å²) in [5.74, 6) is -0.597. The van der Waals surface area contributed by atoms with Crippen LogP contribution in [0.1, 0.15) is 28.8 Å². The molecule has 0 aliphatic carbocycles. The number of benzene rings is 2. The van der Waals surface area contributed by atoms with Gasteiger partial charge in [-0.2, -0.15) is 0 Å². The summed E-state index contributed by atoms with van der Waals surface area (Å²) in [6.45, 7) is 2.40. The highest BCUT2D eigenvalue weighted by Crippen LogP contribution is 2.22. The second-order valence-electron chi connectivity index (χ2n) is 6.39. The van der Waals surface area contributed by atoms with E-state index in [4.69, 9.17) is 11.6 Å². The standard InChI is InChI=1S/C20H20ClN3O3/c1-13-4-7-15(21)11-17(13)23-18(25)12-22-20(27)14-5-8-16(9-6-14)24-10-2-3-19(24)26/h4-9,11H,2-3,10,12H2,1H3,(H,22,27)(H,23,25). The second kappa shape index (κ2) is 8.22. The van der Waals surface area contributed by atoms with E-state index in [1.165, 1.54) is 0 Å². The van der Waals surface area contributed by atoms with Gasteiger partial charge in [0.1, 0.15) is 0 Å². The van der Waals surface area contributed by atoms with Crippen LogP contribution in [0, 0.1) is 6.92 Å². The minimum atomic E-state index is -0.354. The Kier molecular flexibility index (Phi) is 5.76. The number of halogens is 1. The Labute approximate surface area is 162 Å². The SMILES string of the molecule is Cc1ccc(Cl)cc1NC(=O)CNC(=O)c1ccc(N2CCCC2=O)cc1. The molecule has 1 aliphatic rings. The molecule has 0 radical (unpaired) electrons. The lowest BCUT2D eigenvalue weighted by atomic mass is 10.2. The van der Waals surface area contributed by atoms with Crippen molar-refractivity contribution in [3.8, 4) is 0 Å². The summed E-state index contributed by atoms with van der Waals surface area (Å²) in [7, 11) is 0. The molecule has 0 spiro atoms. The molecule has 7 heteroatoms. The van der Waals surface area contributed by atoms with Gasteiger partial charge in [0, 0.05) is 34.9 Å². The molecule has 1 fully saturated rings. The lowest BCUT2D eigenvalue weighted by molar-refractivity contribution is -0.117. The minimum Gasteiger partial charge on any atom is -0.343 e. The highest BCUT2D eigenvalue weighted by atomic mass is 35.5. The van der Waals surface area contributed by atoms with Gasteiger partial charge in [-0.1, -0.05) is 17.7 Å². The fraction of sp³-hybridized carbons (Fsp3) is 0.250. The number of hydrogen-bond acceptors (Lipinski definition) is 3. The maximum atomic E-state index is 12.2. The average molecular weight is 386 g/mol. The van der Waals surface area contributed by atoms with Gasteiger partial charge < -0.3 is 15.5 Å². The van der Waals surface area contributed by atoms with Crippen molar-refractivity contribution in [3.05, 3.63) is 58.6 Å². The monoisotopic (exact) mass is 385 g/mol. The lowest BCUT2D eigenvalue weighted by Gasteiger charge is -2.15. The number of nitrogens with one attached hydrogen (secondary N) is 2. The average Bonchev–Trinajstić information content (AvgIpc) is 3.09. The minimum absolute atomic E-state index is 0.0974. The van der Waals surface area contributed by atoms with Gasteiger partial charge in [-0.05, 0) is 55.3 Å². The maximum absolute atomic E-state index is 12.2. The Bertz CT molecular complexity index is 881. The number of anilines is 2. The van der Waals surface area contributed by atoms with Crippen LogP contribution < -0.4 is 15.5 Å². The molecule has 1 heterocycles. The molecule has 3 rings (SSSR count). The summed E-state index contributed by atoms with van der Waals surface area (Å²) in [4.78, 5) is 37.8. The van der Waals surface area contributed by atoms with Crippen LogP contribution in [0.15, 0.2) is 42.5 Å². The molecule has 2 N–H and O–H groups in total. The third-order valence-electron chi connectivity index (χ3n) is 4.40. The predicted molar refractivity (Wildman–Crippen MR) is 105 cm³/mol. The van der Waals surface area contributed by atoms with Gasteiger partial charge in [0.2, 0.25) is 11.8 Å². The molecule has 0 saturated carbocycles. The van der Waals surface area contributed by atoms with Crippen molar-refractivity contribution in [1.82, 2.24) is 5.32 Å². The second-order valence-corrected chi connectivity index (χ2v) is 6.82. The van der Waals surface area contributed by atoms with E-state index < -0.39 is 0 Å². The quantitative estimate of drug-likeness (QED) is 0.829. The zero-order valence-corrected chi connectivity index (χ0v) is 15.7. The van der Waals surface area contributed by atoms with E-state index in [1.807, 2.05) is 13.0 Å². The lowest BCUT2D eigenvalue weighted by Crippen LogP contribution is -2.33. The smallest absolute Gasteiger partial charge is 0.251 e. The Balaban J connectivity index is 1.55. The molecule has 0 aromatic heterocycles. The highest BCUT2D eigenvalue weighted by molar-refractivity contribution is 6.31. The van der Waals surface area contributed by atoms with Crippen LogP contribution in [0.3, 0.4) is 0 Å². The summed E-state index contributed by atoms with van der Waals surface area (Å²) in [6.07, 6.45) is 1.41. The molecule has 140 valence electrons. The fourth-order valence-corrected chi connectivity index (χ4v) is 3.07. The Morgan fingerprint density at radius 2 is 1.89 bits per heavy atom. The summed E-state index contributed by atoms with van der Waals surface area (Å²) in [5.41, 5.74) is 2.70. The number of aryl methyl sites for hydroxylation is 1. The van der Waals surface area contributed by atoms with Crippen molar-refractivity contribution in [2.75, 3.05) is 23.3 Å². The fourth-order valence-electron chi connectivity index (χ4n) is 2.90. The molecule has 0 bridgehead atoms. The van der Waals surface area contributed by atoms with Gasteiger partial charge in [0.25, 0.3) is 5.91 Å². The zero-order chi connectivity index (χ0) is 19.4. The summed E-state index contributed by atoms with van der Waals surface area (Å²) in [6, 6.07) is 12.0. The van der Waals surface area contributed by atoms with E-state index in [9.17, 15) is 14.4 Å². The first kappa shape index (κ1) is 18.9. The third kappa shape index (κ3) is 4.65. The molecule has 6 nitrogen and oxygen atoms in total. The van der Waals surface area contributed by atoms with Crippen molar-refractivity contribution in [3.63, 3.8) is 0 Å². The van der Waals surface area contributed by atoms with Crippen LogP contribution in [0.2, 0.25) is 5.02 Å². The highest BCUT2D eigenvalue weighted by Gasteiger charge is 2.21. The predicted octanol–water partition coefficient (Wildman–Crippen LogP) is 3.14. The van der Waals surface area contributed by atoms with Gasteiger partial charge in [-0.25, -0.2) is 0 Å². The third-order valence-corrected chi connectivity index (χ3v) is 4.63. The molecule has 2 aromatic rings. The molecule has 0 unspecified atom stereocenters. The normalized spacial score (nSPS) is 13.6. The Morgan fingerprint density at radius 1 is 1.15 bits per heavy atom. The first-order chi connectivity index (χ1) is 12.9. The van der Waals surface area contributed by atoms with Crippen LogP contribution in [0.25, 0.3) is 0 Å². The van der Waals surface area contributed by atoms with E-state index in [-0.39, 0.29) is 24.3 Å². The van der Waals surface area contributed by atoms with Crippen molar-refractivity contribution >= 4 is 40.7 Å². The number of rotatable bonds is 5. The van der Waals surface area contributed by atoms with Crippen molar-refractivity contribution < 1.29 is 14.4 Å². The molecule has 3 amide bonds. The molecule has 1 saturated heterocycles. The van der Waals surface area contributed by atoms with Gasteiger partial charge in [-0.3, -0.25) is 14.4 Å². The first-order valence-corrected chi connectivity index (χ1v) is 9.06. The number of carbonyl (C=O) groups excluding carboxylic acids is 3. The summed E-state index contributed by atoms with van der Waals surface area (Å²) in [5, 5.41) is 5.84. The van der Waals surface area contributed by atoms with E-state index >= 15 is 0 Å². The van der Waals surface area contributed by atoms with Gasteiger partial charge in [-0.15, -0.1) is 0 Å². The van der Waals surface area contributed by atoms with Gasteiger partial charge in [0.15, 0.2) is 0 Å². The van der Waals surface area contributed by atoms with E-state index in [2.05, 4.69) is 10.6 Å². The molecular weight excluding hydrogens is 366 g/mol. The van der Waals surface area contributed by atoms with Crippen molar-refractivity contribution in [2.24, 2.45) is 0 Å². The molecule has 27 heavy (non-hydrogen) atoms. The Hall–Kier alpha value is -2.86. The molecule has 1 aliphatic heterocycles. The Morgan fingerprint density at radius 3 is 2.56 bits per heavy atom. The number of carbonyl (C=O) groups is 3. The van der Waals surface area contributed by atoms with Crippen LogP contribution in [0.5, 0.6) is 0 Å². The van der Waals surface area contributed by atoms with Crippen LogP contribution >= 0.6 is 11.6 Å². The number of nitrogens with zero attached hydrogens (tertiary/aromatic N) is 1. The number of amides is 3. The molecule has 2 aromatic carbocycles. The van der Waals surface area contributed by atoms with Crippen LogP contribution in [-0.2, 0) is 9.59 Å². The maximum Gasteiger partial charge on any atom is 0.251 e. The van der Waals surface area contributed by atoms with Crippen LogP contribution in [0.4, 0.5) is 11.4 Å². The topological polar surface area (TPSA) is 78.5 Å². The van der Waals surface area contributed by atoms with Crippen LogP contribution in [-0.4, -0.2) is 30.8 Å². The van der Waals surface area contributed by atoms with E-state index in [1.54, 1.807) is 41.3 Å². The summed E-state index contributed by atoms with van der Waals surface area (Å²) >= 11 is 5.93. The first-order valence-electron chi connectivity index (χ1n) is 8.68. The van der Waals surface area contributed by atoms with Gasteiger partial charge >= 0.3 is 0 Å². The van der Waals surface area contributed by atoms with Crippen molar-refractivity contribution in [2.45, 2.75) is 19.8 Å². The van der Waals surface area contributed by atoms with Gasteiger partial charge in [0.05, 0.1) is 6.54 Å². The molecule has 0 atom stereocenters. The van der Waals surface area contributed by atoms with Crippen molar-refractivity contribution in [1.29, 1.82) is 0 Å². The number of hydrogen-bond donors (Lipinski definition) is 2.